The third-order valence-electron chi connectivity index (χ3n) is 1.40. The molecule has 0 heterocycles. The van der Waals surface area contributed by atoms with Crippen LogP contribution in [-0.4, -0.2) is 12.2 Å². The summed E-state index contributed by atoms with van der Waals surface area (Å²) in [4.78, 5) is 0. The van der Waals surface area contributed by atoms with Crippen LogP contribution in [0.25, 0.3) is 0 Å². The lowest BCUT2D eigenvalue weighted by atomic mass is 10.1. The molecule has 0 fully saturated rings. The van der Waals surface area contributed by atoms with E-state index in [1.807, 2.05) is 20.8 Å². The minimum atomic E-state index is 0.0447. The smallest absolute Gasteiger partial charge is 0.120 e. The Kier molecular flexibility index (Phi) is 4.19. The molecule has 0 bridgehead atoms. The first kappa shape index (κ1) is 10.8. The van der Waals surface area contributed by atoms with Gasteiger partial charge in [0.05, 0.1) is 7.11 Å². The predicted molar refractivity (Wildman–Crippen MR) is 50.9 cm³/mol. The van der Waals surface area contributed by atoms with Gasteiger partial charge in [-0.2, -0.15) is 0 Å². The molecule has 0 rings (SSSR count). The second-order valence-corrected chi connectivity index (χ2v) is 2.85. The Hall–Kier alpha value is -1.18. The largest absolute Gasteiger partial charge is 0.509 e. The molecular weight excluding hydrogens is 152 g/mol. The van der Waals surface area contributed by atoms with Crippen LogP contribution in [0.2, 0.25) is 0 Å². The maximum absolute atomic E-state index is 8.90. The van der Waals surface area contributed by atoms with Gasteiger partial charge in [0.15, 0.2) is 0 Å². The highest BCUT2D eigenvalue weighted by Gasteiger charge is 2.01. The van der Waals surface area contributed by atoms with Crippen molar-refractivity contribution in [2.75, 3.05) is 7.11 Å². The predicted octanol–water partition coefficient (Wildman–Crippen LogP) is 2.94. The third-order valence-corrected chi connectivity index (χ3v) is 1.40. The summed E-state index contributed by atoms with van der Waals surface area (Å²) >= 11 is 0. The Morgan fingerprint density at radius 3 is 2.08 bits per heavy atom. The summed E-state index contributed by atoms with van der Waals surface area (Å²) in [7, 11) is 1.61. The topological polar surface area (TPSA) is 29.5 Å². The van der Waals surface area contributed by atoms with Crippen molar-refractivity contribution in [3.05, 3.63) is 35.3 Å². The zero-order valence-electron chi connectivity index (χ0n) is 8.14. The first-order valence-electron chi connectivity index (χ1n) is 3.77. The van der Waals surface area contributed by atoms with Crippen LogP contribution >= 0.6 is 0 Å². The Morgan fingerprint density at radius 1 is 1.33 bits per heavy atom. The molecule has 0 unspecified atom stereocenters. The SMILES string of the molecule is C=C(O)/C=C(/C)C(OC)=C(C)C. The van der Waals surface area contributed by atoms with Gasteiger partial charge in [0.25, 0.3) is 0 Å². The molecule has 68 valence electrons. The lowest BCUT2D eigenvalue weighted by Gasteiger charge is -2.08. The number of allylic oxidation sites excluding steroid dienone is 3. The number of rotatable bonds is 3. The van der Waals surface area contributed by atoms with Crippen molar-refractivity contribution < 1.29 is 9.84 Å². The summed E-state index contributed by atoms with van der Waals surface area (Å²) in [5.41, 5.74) is 1.96. The van der Waals surface area contributed by atoms with E-state index < -0.39 is 0 Å². The van der Waals surface area contributed by atoms with Crippen molar-refractivity contribution in [3.8, 4) is 0 Å². The van der Waals surface area contributed by atoms with Gasteiger partial charge in [0.1, 0.15) is 11.5 Å². The number of aliphatic hydroxyl groups is 1. The van der Waals surface area contributed by atoms with Crippen molar-refractivity contribution in [2.45, 2.75) is 20.8 Å². The molecule has 2 nitrogen and oxygen atoms in total. The maximum Gasteiger partial charge on any atom is 0.120 e. The van der Waals surface area contributed by atoms with E-state index in [1.54, 1.807) is 13.2 Å². The molecule has 12 heavy (non-hydrogen) atoms. The number of aliphatic hydroxyl groups excluding tert-OH is 1. The van der Waals surface area contributed by atoms with Gasteiger partial charge in [-0.1, -0.05) is 6.58 Å². The quantitative estimate of drug-likeness (QED) is 0.518. The van der Waals surface area contributed by atoms with Crippen molar-refractivity contribution in [1.29, 1.82) is 0 Å². The molecule has 2 heteroatoms. The Labute approximate surface area is 73.9 Å². The molecule has 0 radical (unpaired) electrons. The zero-order valence-corrected chi connectivity index (χ0v) is 8.14. The summed E-state index contributed by atoms with van der Waals surface area (Å²) in [6.07, 6.45) is 1.58. The van der Waals surface area contributed by atoms with Gasteiger partial charge >= 0.3 is 0 Å². The number of ether oxygens (including phenoxy) is 1. The van der Waals surface area contributed by atoms with Gasteiger partial charge in [-0.05, 0) is 38.0 Å². The fourth-order valence-corrected chi connectivity index (χ4v) is 1.07. The van der Waals surface area contributed by atoms with Gasteiger partial charge in [-0.3, -0.25) is 0 Å². The molecular formula is C10H16O2. The van der Waals surface area contributed by atoms with E-state index in [4.69, 9.17) is 9.84 Å². The summed E-state index contributed by atoms with van der Waals surface area (Å²) in [5, 5.41) is 8.90. The second kappa shape index (κ2) is 4.65. The Balaban J connectivity index is 4.78. The number of hydrogen-bond donors (Lipinski definition) is 1. The molecule has 0 aromatic rings. The van der Waals surface area contributed by atoms with Crippen LogP contribution < -0.4 is 0 Å². The van der Waals surface area contributed by atoms with Gasteiger partial charge in [-0.15, -0.1) is 0 Å². The molecule has 0 aromatic heterocycles. The molecule has 0 atom stereocenters. The summed E-state index contributed by atoms with van der Waals surface area (Å²) in [6.45, 7) is 9.15. The molecule has 0 saturated carbocycles. The highest BCUT2D eigenvalue weighted by atomic mass is 16.5. The molecule has 0 amide bonds. The highest BCUT2D eigenvalue weighted by Crippen LogP contribution is 2.15. The van der Waals surface area contributed by atoms with Gasteiger partial charge in [0, 0.05) is 0 Å². The zero-order chi connectivity index (χ0) is 9.72. The van der Waals surface area contributed by atoms with E-state index in [0.717, 1.165) is 16.9 Å². The minimum Gasteiger partial charge on any atom is -0.509 e. The standard InChI is InChI=1S/C10H16O2/c1-7(2)10(12-5)8(3)6-9(4)11/h6,11H,4H2,1-3,5H3/b8-6-. The van der Waals surface area contributed by atoms with Crippen LogP contribution in [0.3, 0.4) is 0 Å². The lowest BCUT2D eigenvalue weighted by Crippen LogP contribution is -1.92. The first-order chi connectivity index (χ1) is 5.49. The van der Waals surface area contributed by atoms with E-state index in [0.29, 0.717) is 0 Å². The maximum atomic E-state index is 8.90. The van der Waals surface area contributed by atoms with Crippen LogP contribution in [0.15, 0.2) is 35.3 Å². The molecule has 0 saturated heterocycles. The van der Waals surface area contributed by atoms with Gasteiger partial charge in [0.2, 0.25) is 0 Å². The van der Waals surface area contributed by atoms with E-state index >= 15 is 0 Å². The van der Waals surface area contributed by atoms with E-state index in [-0.39, 0.29) is 5.76 Å². The minimum absolute atomic E-state index is 0.0447. The average molecular weight is 168 g/mol. The number of hydrogen-bond acceptors (Lipinski definition) is 2. The molecule has 0 spiro atoms. The van der Waals surface area contributed by atoms with Crippen molar-refractivity contribution in [1.82, 2.24) is 0 Å². The highest BCUT2D eigenvalue weighted by molar-refractivity contribution is 5.31. The van der Waals surface area contributed by atoms with Crippen molar-refractivity contribution in [3.63, 3.8) is 0 Å². The van der Waals surface area contributed by atoms with Crippen molar-refractivity contribution >= 4 is 0 Å². The fourth-order valence-electron chi connectivity index (χ4n) is 1.07. The normalized spacial score (nSPS) is 10.8. The first-order valence-corrected chi connectivity index (χ1v) is 3.77. The summed E-state index contributed by atoms with van der Waals surface area (Å²) < 4.78 is 5.13. The van der Waals surface area contributed by atoms with Crippen LogP contribution in [0.4, 0.5) is 0 Å². The van der Waals surface area contributed by atoms with Crippen LogP contribution in [-0.2, 0) is 4.74 Å². The van der Waals surface area contributed by atoms with Crippen LogP contribution in [0.5, 0.6) is 0 Å². The molecule has 0 aliphatic heterocycles. The van der Waals surface area contributed by atoms with E-state index in [2.05, 4.69) is 6.58 Å². The van der Waals surface area contributed by atoms with Crippen LogP contribution in [0.1, 0.15) is 20.8 Å². The average Bonchev–Trinajstić information content (AvgIpc) is 1.85. The monoisotopic (exact) mass is 168 g/mol. The summed E-state index contributed by atoms with van der Waals surface area (Å²) in [5.74, 6) is 0.841. The second-order valence-electron chi connectivity index (χ2n) is 2.85. The van der Waals surface area contributed by atoms with Gasteiger partial charge < -0.3 is 9.84 Å². The molecule has 0 aliphatic carbocycles. The lowest BCUT2D eigenvalue weighted by molar-refractivity contribution is 0.295. The Bertz CT molecular complexity index is 230. The van der Waals surface area contributed by atoms with E-state index in [1.165, 1.54) is 0 Å². The number of methoxy groups -OCH3 is 1. The fraction of sp³-hybridized carbons (Fsp3) is 0.400. The summed E-state index contributed by atoms with van der Waals surface area (Å²) in [6, 6.07) is 0. The molecule has 0 aromatic carbocycles. The Morgan fingerprint density at radius 2 is 1.83 bits per heavy atom. The molecule has 1 N–H and O–H groups in total. The van der Waals surface area contributed by atoms with Crippen molar-refractivity contribution in [2.24, 2.45) is 0 Å². The van der Waals surface area contributed by atoms with Gasteiger partial charge in [-0.25, -0.2) is 0 Å². The molecule has 0 aliphatic rings. The van der Waals surface area contributed by atoms with E-state index in [9.17, 15) is 0 Å². The van der Waals surface area contributed by atoms with Crippen LogP contribution in [0, 0.1) is 0 Å². The third kappa shape index (κ3) is 3.28.